The molecular formula is C13H22N4O. The number of amides is 1. The lowest BCUT2D eigenvalue weighted by molar-refractivity contribution is -0.117. The number of anilines is 1. The molecule has 0 aromatic carbocycles. The van der Waals surface area contributed by atoms with Gasteiger partial charge in [-0.2, -0.15) is 5.10 Å². The third-order valence-electron chi connectivity index (χ3n) is 3.63. The van der Waals surface area contributed by atoms with Gasteiger partial charge in [0.05, 0.1) is 17.9 Å². The molecule has 1 N–H and O–H groups in total. The zero-order valence-corrected chi connectivity index (χ0v) is 11.4. The summed E-state index contributed by atoms with van der Waals surface area (Å²) < 4.78 is 1.71. The van der Waals surface area contributed by atoms with E-state index in [1.165, 1.54) is 25.7 Å². The van der Waals surface area contributed by atoms with Gasteiger partial charge in [-0.1, -0.05) is 12.8 Å². The molecule has 0 atom stereocenters. The van der Waals surface area contributed by atoms with Gasteiger partial charge in [-0.3, -0.25) is 14.4 Å². The molecule has 1 fully saturated rings. The average molecular weight is 250 g/mol. The predicted molar refractivity (Wildman–Crippen MR) is 71.5 cm³/mol. The number of hydrogen-bond acceptors (Lipinski definition) is 3. The SMILES string of the molecule is Cc1nn(C)cc1NC(=O)CN(C)C1CCCC1. The molecule has 1 saturated carbocycles. The Morgan fingerprint density at radius 2 is 2.22 bits per heavy atom. The number of rotatable bonds is 4. The van der Waals surface area contributed by atoms with Crippen molar-refractivity contribution in [3.63, 3.8) is 0 Å². The highest BCUT2D eigenvalue weighted by molar-refractivity contribution is 5.92. The lowest BCUT2D eigenvalue weighted by atomic mass is 10.2. The predicted octanol–water partition coefficient (Wildman–Crippen LogP) is 1.54. The van der Waals surface area contributed by atoms with Gasteiger partial charge in [0.2, 0.25) is 5.91 Å². The monoisotopic (exact) mass is 250 g/mol. The Balaban J connectivity index is 1.86. The minimum absolute atomic E-state index is 0.0421. The van der Waals surface area contributed by atoms with E-state index in [1.807, 2.05) is 27.2 Å². The van der Waals surface area contributed by atoms with Crippen molar-refractivity contribution in [1.29, 1.82) is 0 Å². The largest absolute Gasteiger partial charge is 0.322 e. The van der Waals surface area contributed by atoms with Crippen LogP contribution >= 0.6 is 0 Å². The van der Waals surface area contributed by atoms with Crippen molar-refractivity contribution in [1.82, 2.24) is 14.7 Å². The average Bonchev–Trinajstić information content (AvgIpc) is 2.89. The Labute approximate surface area is 108 Å². The maximum absolute atomic E-state index is 12.0. The first-order valence-corrected chi connectivity index (χ1v) is 6.56. The Kier molecular flexibility index (Phi) is 4.01. The van der Waals surface area contributed by atoms with Crippen LogP contribution in [0.5, 0.6) is 0 Å². The lowest BCUT2D eigenvalue weighted by Gasteiger charge is -2.23. The van der Waals surface area contributed by atoms with Gasteiger partial charge in [0.25, 0.3) is 0 Å². The van der Waals surface area contributed by atoms with Gasteiger partial charge in [0.1, 0.15) is 0 Å². The fourth-order valence-corrected chi connectivity index (χ4v) is 2.61. The number of carbonyl (C=O) groups is 1. The second kappa shape index (κ2) is 5.52. The second-order valence-corrected chi connectivity index (χ2v) is 5.20. The molecule has 0 bridgehead atoms. The molecule has 1 amide bonds. The summed E-state index contributed by atoms with van der Waals surface area (Å²) in [7, 11) is 3.89. The topological polar surface area (TPSA) is 50.2 Å². The lowest BCUT2D eigenvalue weighted by Crippen LogP contribution is -2.36. The molecule has 0 radical (unpaired) electrons. The number of likely N-dealkylation sites (N-methyl/N-ethyl adjacent to an activating group) is 1. The van der Waals surface area contributed by atoms with Crippen molar-refractivity contribution in [3.05, 3.63) is 11.9 Å². The van der Waals surface area contributed by atoms with Crippen LogP contribution in [0, 0.1) is 6.92 Å². The van der Waals surface area contributed by atoms with Crippen LogP contribution in [0.1, 0.15) is 31.4 Å². The minimum atomic E-state index is 0.0421. The van der Waals surface area contributed by atoms with E-state index in [1.54, 1.807) is 4.68 Å². The first-order valence-electron chi connectivity index (χ1n) is 6.56. The molecule has 2 rings (SSSR count). The molecular weight excluding hydrogens is 228 g/mol. The summed E-state index contributed by atoms with van der Waals surface area (Å²) in [6, 6.07) is 0.575. The van der Waals surface area contributed by atoms with Gasteiger partial charge in [0, 0.05) is 19.3 Å². The first kappa shape index (κ1) is 13.1. The fraction of sp³-hybridized carbons (Fsp3) is 0.692. The smallest absolute Gasteiger partial charge is 0.238 e. The van der Waals surface area contributed by atoms with Crippen LogP contribution in [-0.2, 0) is 11.8 Å². The third-order valence-corrected chi connectivity index (χ3v) is 3.63. The van der Waals surface area contributed by atoms with E-state index in [0.717, 1.165) is 11.4 Å². The fourth-order valence-electron chi connectivity index (χ4n) is 2.61. The molecule has 1 heterocycles. The van der Waals surface area contributed by atoms with Gasteiger partial charge in [-0.25, -0.2) is 0 Å². The number of nitrogens with zero attached hydrogens (tertiary/aromatic N) is 3. The van der Waals surface area contributed by atoms with Gasteiger partial charge in [0.15, 0.2) is 0 Å². The molecule has 5 nitrogen and oxygen atoms in total. The van der Waals surface area contributed by atoms with E-state index in [0.29, 0.717) is 12.6 Å². The zero-order valence-electron chi connectivity index (χ0n) is 11.4. The summed E-state index contributed by atoms with van der Waals surface area (Å²) in [6.07, 6.45) is 6.85. The molecule has 100 valence electrons. The van der Waals surface area contributed by atoms with Crippen LogP contribution in [-0.4, -0.2) is 40.2 Å². The molecule has 5 heteroatoms. The van der Waals surface area contributed by atoms with E-state index in [4.69, 9.17) is 0 Å². The summed E-state index contributed by atoms with van der Waals surface area (Å²) in [6.45, 7) is 2.36. The van der Waals surface area contributed by atoms with E-state index in [2.05, 4.69) is 15.3 Å². The number of carbonyl (C=O) groups excluding carboxylic acids is 1. The molecule has 18 heavy (non-hydrogen) atoms. The Bertz CT molecular complexity index is 421. The van der Waals surface area contributed by atoms with Gasteiger partial charge < -0.3 is 5.32 Å². The molecule has 0 unspecified atom stereocenters. The van der Waals surface area contributed by atoms with Crippen molar-refractivity contribution >= 4 is 11.6 Å². The molecule has 1 aromatic rings. The molecule has 0 saturated heterocycles. The van der Waals surface area contributed by atoms with Crippen LogP contribution < -0.4 is 5.32 Å². The standard InChI is InChI=1S/C13H22N4O/c1-10-12(8-17(3)15-10)14-13(18)9-16(2)11-6-4-5-7-11/h8,11H,4-7,9H2,1-3H3,(H,14,18). The Morgan fingerprint density at radius 1 is 1.56 bits per heavy atom. The Morgan fingerprint density at radius 3 is 2.78 bits per heavy atom. The maximum atomic E-state index is 12.0. The van der Waals surface area contributed by atoms with E-state index >= 15 is 0 Å². The van der Waals surface area contributed by atoms with Crippen LogP contribution in [0.25, 0.3) is 0 Å². The maximum Gasteiger partial charge on any atom is 0.238 e. The van der Waals surface area contributed by atoms with Crippen LogP contribution in [0.4, 0.5) is 5.69 Å². The highest BCUT2D eigenvalue weighted by Crippen LogP contribution is 2.22. The summed E-state index contributed by atoms with van der Waals surface area (Å²) in [4.78, 5) is 14.1. The van der Waals surface area contributed by atoms with E-state index in [9.17, 15) is 4.79 Å². The second-order valence-electron chi connectivity index (χ2n) is 5.20. The minimum Gasteiger partial charge on any atom is -0.322 e. The number of aryl methyl sites for hydroxylation is 2. The van der Waals surface area contributed by atoms with Crippen molar-refractivity contribution < 1.29 is 4.79 Å². The highest BCUT2D eigenvalue weighted by atomic mass is 16.2. The van der Waals surface area contributed by atoms with Crippen molar-refractivity contribution in [2.24, 2.45) is 7.05 Å². The first-order chi connectivity index (χ1) is 8.56. The van der Waals surface area contributed by atoms with Gasteiger partial charge >= 0.3 is 0 Å². The number of nitrogens with one attached hydrogen (secondary N) is 1. The highest BCUT2D eigenvalue weighted by Gasteiger charge is 2.21. The molecule has 1 aliphatic rings. The third kappa shape index (κ3) is 3.10. The number of hydrogen-bond donors (Lipinski definition) is 1. The molecule has 1 aromatic heterocycles. The van der Waals surface area contributed by atoms with Crippen LogP contribution in [0.2, 0.25) is 0 Å². The summed E-state index contributed by atoms with van der Waals surface area (Å²) >= 11 is 0. The van der Waals surface area contributed by atoms with Crippen molar-refractivity contribution in [2.75, 3.05) is 18.9 Å². The molecule has 0 aliphatic heterocycles. The van der Waals surface area contributed by atoms with Crippen LogP contribution in [0.15, 0.2) is 6.20 Å². The zero-order chi connectivity index (χ0) is 13.1. The summed E-state index contributed by atoms with van der Waals surface area (Å²) in [5.41, 5.74) is 1.66. The Hall–Kier alpha value is -1.36. The van der Waals surface area contributed by atoms with E-state index < -0.39 is 0 Å². The van der Waals surface area contributed by atoms with Gasteiger partial charge in [-0.05, 0) is 26.8 Å². The molecule has 1 aliphatic carbocycles. The van der Waals surface area contributed by atoms with Gasteiger partial charge in [-0.15, -0.1) is 0 Å². The summed E-state index contributed by atoms with van der Waals surface area (Å²) in [5.74, 6) is 0.0421. The van der Waals surface area contributed by atoms with Crippen LogP contribution in [0.3, 0.4) is 0 Å². The quantitative estimate of drug-likeness (QED) is 0.882. The van der Waals surface area contributed by atoms with Crippen molar-refractivity contribution in [2.45, 2.75) is 38.6 Å². The van der Waals surface area contributed by atoms with E-state index in [-0.39, 0.29) is 5.91 Å². The summed E-state index contributed by atoms with van der Waals surface area (Å²) in [5, 5.41) is 7.13. The number of aromatic nitrogens is 2. The molecule has 0 spiro atoms. The van der Waals surface area contributed by atoms with Crippen molar-refractivity contribution in [3.8, 4) is 0 Å². The normalized spacial score (nSPS) is 16.4.